The summed E-state index contributed by atoms with van der Waals surface area (Å²) in [4.78, 5) is 12.4. The van der Waals surface area contributed by atoms with E-state index in [1.807, 2.05) is 31.2 Å². The number of rotatable bonds is 7. The van der Waals surface area contributed by atoms with E-state index < -0.39 is 5.54 Å². The lowest BCUT2D eigenvalue weighted by Crippen LogP contribution is -2.53. The Bertz CT molecular complexity index is 459. The second-order valence-electron chi connectivity index (χ2n) is 5.03. The standard InChI is InChI=1S/C15H20BrNO3/c1-3-20-14(18)15(10-19-2,11-4-5-11)17-13-8-6-12(16)7-9-13/h6-9,11,17H,3-5,10H2,1-2H3. The lowest BCUT2D eigenvalue weighted by atomic mass is 9.93. The van der Waals surface area contributed by atoms with Crippen LogP contribution in [0.5, 0.6) is 0 Å². The SMILES string of the molecule is CCOC(=O)C(COC)(Nc1ccc(Br)cc1)C1CC1. The highest BCUT2D eigenvalue weighted by molar-refractivity contribution is 9.10. The quantitative estimate of drug-likeness (QED) is 0.773. The van der Waals surface area contributed by atoms with Crippen molar-refractivity contribution in [1.82, 2.24) is 0 Å². The number of esters is 1. The van der Waals surface area contributed by atoms with Crippen molar-refractivity contribution < 1.29 is 14.3 Å². The van der Waals surface area contributed by atoms with E-state index in [2.05, 4.69) is 21.2 Å². The lowest BCUT2D eigenvalue weighted by Gasteiger charge is -2.33. The van der Waals surface area contributed by atoms with Gasteiger partial charge in [-0.3, -0.25) is 0 Å². The fourth-order valence-corrected chi connectivity index (χ4v) is 2.65. The molecule has 1 aliphatic rings. The van der Waals surface area contributed by atoms with Gasteiger partial charge in [0.05, 0.1) is 13.2 Å². The topological polar surface area (TPSA) is 47.6 Å². The average molecular weight is 342 g/mol. The van der Waals surface area contributed by atoms with Crippen LogP contribution in [0.25, 0.3) is 0 Å². The molecule has 1 unspecified atom stereocenters. The summed E-state index contributed by atoms with van der Waals surface area (Å²) in [6, 6.07) is 7.77. The molecule has 0 bridgehead atoms. The molecule has 1 N–H and O–H groups in total. The van der Waals surface area contributed by atoms with Gasteiger partial charge in [-0.2, -0.15) is 0 Å². The molecule has 0 amide bonds. The van der Waals surface area contributed by atoms with E-state index in [1.54, 1.807) is 7.11 Å². The van der Waals surface area contributed by atoms with Crippen molar-refractivity contribution >= 4 is 27.6 Å². The molecule has 0 radical (unpaired) electrons. The Labute approximate surface area is 128 Å². The third kappa shape index (κ3) is 3.33. The second-order valence-corrected chi connectivity index (χ2v) is 5.95. The average Bonchev–Trinajstić information content (AvgIpc) is 3.25. The van der Waals surface area contributed by atoms with Crippen LogP contribution in [-0.4, -0.2) is 31.8 Å². The first-order chi connectivity index (χ1) is 9.62. The van der Waals surface area contributed by atoms with Crippen molar-refractivity contribution in [2.24, 2.45) is 5.92 Å². The fraction of sp³-hybridized carbons (Fsp3) is 0.533. The number of ether oxygens (including phenoxy) is 2. The molecule has 1 aliphatic carbocycles. The van der Waals surface area contributed by atoms with Crippen molar-refractivity contribution in [2.45, 2.75) is 25.3 Å². The highest BCUT2D eigenvalue weighted by atomic mass is 79.9. The van der Waals surface area contributed by atoms with Crippen molar-refractivity contribution in [3.63, 3.8) is 0 Å². The third-order valence-corrected chi connectivity index (χ3v) is 4.03. The number of carbonyl (C=O) groups is 1. The zero-order valence-corrected chi connectivity index (χ0v) is 13.4. The molecule has 0 saturated heterocycles. The summed E-state index contributed by atoms with van der Waals surface area (Å²) in [6.07, 6.45) is 2.04. The maximum atomic E-state index is 12.4. The van der Waals surface area contributed by atoms with Gasteiger partial charge in [0, 0.05) is 17.3 Å². The van der Waals surface area contributed by atoms with Crippen molar-refractivity contribution in [3.05, 3.63) is 28.7 Å². The first kappa shape index (κ1) is 15.3. The van der Waals surface area contributed by atoms with Crippen LogP contribution < -0.4 is 5.32 Å². The predicted octanol–water partition coefficient (Wildman–Crippen LogP) is 3.22. The molecule has 1 fully saturated rings. The maximum Gasteiger partial charge on any atom is 0.334 e. The zero-order chi connectivity index (χ0) is 14.6. The number of carbonyl (C=O) groups excluding carboxylic acids is 1. The summed E-state index contributed by atoms with van der Waals surface area (Å²) < 4.78 is 11.6. The van der Waals surface area contributed by atoms with E-state index in [0.29, 0.717) is 13.2 Å². The largest absolute Gasteiger partial charge is 0.464 e. The Morgan fingerprint density at radius 3 is 2.55 bits per heavy atom. The number of hydrogen-bond donors (Lipinski definition) is 1. The molecule has 5 heteroatoms. The number of anilines is 1. The van der Waals surface area contributed by atoms with Crippen LogP contribution >= 0.6 is 15.9 Å². The number of hydrogen-bond acceptors (Lipinski definition) is 4. The summed E-state index contributed by atoms with van der Waals surface area (Å²) in [5.74, 6) is 0.0393. The fourth-order valence-electron chi connectivity index (χ4n) is 2.39. The van der Waals surface area contributed by atoms with Crippen molar-refractivity contribution in [2.75, 3.05) is 25.6 Å². The summed E-state index contributed by atoms with van der Waals surface area (Å²) in [5, 5.41) is 3.35. The summed E-state index contributed by atoms with van der Waals surface area (Å²) >= 11 is 3.41. The minimum Gasteiger partial charge on any atom is -0.464 e. The van der Waals surface area contributed by atoms with Gasteiger partial charge in [0.15, 0.2) is 5.54 Å². The lowest BCUT2D eigenvalue weighted by molar-refractivity contribution is -0.151. The van der Waals surface area contributed by atoms with Crippen LogP contribution in [0.4, 0.5) is 5.69 Å². The number of halogens is 1. The molecule has 1 atom stereocenters. The molecule has 110 valence electrons. The molecular formula is C15H20BrNO3. The highest BCUT2D eigenvalue weighted by Crippen LogP contribution is 2.42. The molecule has 0 spiro atoms. The van der Waals surface area contributed by atoms with Gasteiger partial charge in [0.1, 0.15) is 0 Å². The molecular weight excluding hydrogens is 322 g/mol. The number of methoxy groups -OCH3 is 1. The molecule has 1 saturated carbocycles. The van der Waals surface area contributed by atoms with Crippen molar-refractivity contribution in [1.29, 1.82) is 0 Å². The minimum atomic E-state index is -0.779. The Morgan fingerprint density at radius 1 is 1.40 bits per heavy atom. The third-order valence-electron chi connectivity index (χ3n) is 3.50. The molecule has 1 aromatic carbocycles. The van der Waals surface area contributed by atoms with Gasteiger partial charge in [-0.15, -0.1) is 0 Å². The molecule has 0 heterocycles. The van der Waals surface area contributed by atoms with E-state index in [9.17, 15) is 4.79 Å². The molecule has 0 aliphatic heterocycles. The number of nitrogens with one attached hydrogen (secondary N) is 1. The second kappa shape index (κ2) is 6.59. The van der Waals surface area contributed by atoms with Crippen LogP contribution in [0.3, 0.4) is 0 Å². The van der Waals surface area contributed by atoms with Crippen LogP contribution in [0.15, 0.2) is 28.7 Å². The van der Waals surface area contributed by atoms with Crippen LogP contribution in [0.2, 0.25) is 0 Å². The molecule has 0 aromatic heterocycles. The highest BCUT2D eigenvalue weighted by Gasteiger charge is 2.52. The van der Waals surface area contributed by atoms with Gasteiger partial charge in [-0.25, -0.2) is 4.79 Å². The van der Waals surface area contributed by atoms with Gasteiger partial charge >= 0.3 is 5.97 Å². The zero-order valence-electron chi connectivity index (χ0n) is 11.8. The van der Waals surface area contributed by atoms with Gasteiger partial charge < -0.3 is 14.8 Å². The Kier molecular flexibility index (Phi) is 5.05. The molecule has 4 nitrogen and oxygen atoms in total. The van der Waals surface area contributed by atoms with Crippen molar-refractivity contribution in [3.8, 4) is 0 Å². The predicted molar refractivity (Wildman–Crippen MR) is 81.7 cm³/mol. The number of benzene rings is 1. The smallest absolute Gasteiger partial charge is 0.334 e. The first-order valence-corrected chi connectivity index (χ1v) is 7.61. The minimum absolute atomic E-state index is 0.229. The Hall–Kier alpha value is -1.07. The van der Waals surface area contributed by atoms with E-state index >= 15 is 0 Å². The molecule has 20 heavy (non-hydrogen) atoms. The normalized spacial score (nSPS) is 17.4. The van der Waals surface area contributed by atoms with E-state index in [4.69, 9.17) is 9.47 Å². The molecule has 2 rings (SSSR count). The van der Waals surface area contributed by atoms with Crippen LogP contribution in [0, 0.1) is 5.92 Å². The Morgan fingerprint density at radius 2 is 2.05 bits per heavy atom. The van der Waals surface area contributed by atoms with E-state index in [0.717, 1.165) is 23.0 Å². The summed E-state index contributed by atoms with van der Waals surface area (Å²) in [6.45, 7) is 2.51. The molecule has 1 aromatic rings. The van der Waals surface area contributed by atoms with Gasteiger partial charge in [0.25, 0.3) is 0 Å². The maximum absolute atomic E-state index is 12.4. The Balaban J connectivity index is 2.24. The summed E-state index contributed by atoms with van der Waals surface area (Å²) in [5.41, 5.74) is 0.115. The van der Waals surface area contributed by atoms with E-state index in [1.165, 1.54) is 0 Å². The monoisotopic (exact) mass is 341 g/mol. The summed E-state index contributed by atoms with van der Waals surface area (Å²) in [7, 11) is 1.61. The van der Waals surface area contributed by atoms with Gasteiger partial charge in [-0.05, 0) is 49.9 Å². The van der Waals surface area contributed by atoms with Crippen LogP contribution in [-0.2, 0) is 14.3 Å². The van der Waals surface area contributed by atoms with Gasteiger partial charge in [0.2, 0.25) is 0 Å². The van der Waals surface area contributed by atoms with Gasteiger partial charge in [-0.1, -0.05) is 15.9 Å². The van der Waals surface area contributed by atoms with E-state index in [-0.39, 0.29) is 11.9 Å². The van der Waals surface area contributed by atoms with Crippen LogP contribution in [0.1, 0.15) is 19.8 Å². The first-order valence-electron chi connectivity index (χ1n) is 6.82.